The summed E-state index contributed by atoms with van der Waals surface area (Å²) in [6.45, 7) is 4.24. The molecule has 5 nitrogen and oxygen atoms in total. The molecule has 2 N–H and O–H groups in total. The number of carbonyl (C=O) groups excluding carboxylic acids is 2. The molecule has 1 aliphatic carbocycles. The van der Waals surface area contributed by atoms with E-state index in [-0.39, 0.29) is 17.9 Å². The van der Waals surface area contributed by atoms with Gasteiger partial charge in [-0.2, -0.15) is 0 Å². The third-order valence-electron chi connectivity index (χ3n) is 5.89. The van der Waals surface area contributed by atoms with E-state index in [0.29, 0.717) is 32.0 Å². The van der Waals surface area contributed by atoms with Crippen molar-refractivity contribution in [2.24, 2.45) is 5.92 Å². The smallest absolute Gasteiger partial charge is 0.221 e. The molecule has 1 aromatic rings. The summed E-state index contributed by atoms with van der Waals surface area (Å²) in [5, 5.41) is 6.84. The minimum Gasteiger partial charge on any atom is -0.356 e. The van der Waals surface area contributed by atoms with Crippen molar-refractivity contribution in [2.45, 2.75) is 64.0 Å². The highest BCUT2D eigenvalue weighted by molar-refractivity contribution is 6.31. The van der Waals surface area contributed by atoms with E-state index in [1.54, 1.807) is 0 Å². The van der Waals surface area contributed by atoms with Gasteiger partial charge >= 0.3 is 0 Å². The van der Waals surface area contributed by atoms with E-state index in [1.807, 2.05) is 31.2 Å². The quantitative estimate of drug-likeness (QED) is 0.628. The predicted octanol–water partition coefficient (Wildman–Crippen LogP) is 3.16. The summed E-state index contributed by atoms with van der Waals surface area (Å²) in [4.78, 5) is 26.6. The number of likely N-dealkylation sites (tertiary alicyclic amines) is 1. The molecule has 1 heterocycles. The molecule has 0 unspecified atom stereocenters. The summed E-state index contributed by atoms with van der Waals surface area (Å²) < 4.78 is 0. The Morgan fingerprint density at radius 2 is 1.82 bits per heavy atom. The van der Waals surface area contributed by atoms with Crippen molar-refractivity contribution in [2.75, 3.05) is 19.6 Å². The van der Waals surface area contributed by atoms with Crippen LogP contribution in [0.25, 0.3) is 0 Å². The molecule has 2 amide bonds. The fourth-order valence-electron chi connectivity index (χ4n) is 4.03. The Morgan fingerprint density at radius 1 is 1.07 bits per heavy atom. The molecule has 0 radical (unpaired) electrons. The lowest BCUT2D eigenvalue weighted by atomic mass is 10.1. The molecular weight excluding hydrogens is 374 g/mol. The van der Waals surface area contributed by atoms with Crippen LogP contribution in [0.4, 0.5) is 0 Å². The zero-order valence-electron chi connectivity index (χ0n) is 16.8. The Labute approximate surface area is 173 Å². The van der Waals surface area contributed by atoms with Gasteiger partial charge in [-0.1, -0.05) is 36.7 Å². The topological polar surface area (TPSA) is 61.4 Å². The SMILES string of the molecule is CCC(=O)NC[C@@H]1CC[C@H](CC(=O)NCCc2ccccc2Cl)N1CC1CC1. The van der Waals surface area contributed by atoms with E-state index in [1.165, 1.54) is 12.8 Å². The van der Waals surface area contributed by atoms with Crippen molar-refractivity contribution in [3.8, 4) is 0 Å². The van der Waals surface area contributed by atoms with E-state index in [9.17, 15) is 9.59 Å². The Balaban J connectivity index is 1.46. The highest BCUT2D eigenvalue weighted by Gasteiger charge is 2.37. The van der Waals surface area contributed by atoms with Crippen molar-refractivity contribution < 1.29 is 9.59 Å². The Morgan fingerprint density at radius 3 is 2.54 bits per heavy atom. The lowest BCUT2D eigenvalue weighted by Gasteiger charge is -2.30. The molecule has 1 saturated carbocycles. The molecule has 1 aromatic carbocycles. The second-order valence-electron chi connectivity index (χ2n) is 8.08. The first-order valence-electron chi connectivity index (χ1n) is 10.6. The molecule has 0 aromatic heterocycles. The van der Waals surface area contributed by atoms with E-state index in [2.05, 4.69) is 15.5 Å². The molecule has 154 valence electrons. The van der Waals surface area contributed by atoms with Crippen molar-refractivity contribution >= 4 is 23.4 Å². The monoisotopic (exact) mass is 405 g/mol. The molecule has 2 aliphatic rings. The van der Waals surface area contributed by atoms with Gasteiger partial charge < -0.3 is 10.6 Å². The fraction of sp³-hybridized carbons (Fsp3) is 0.636. The van der Waals surface area contributed by atoms with Gasteiger partial charge in [0.1, 0.15) is 0 Å². The summed E-state index contributed by atoms with van der Waals surface area (Å²) in [5.74, 6) is 0.983. The second-order valence-corrected chi connectivity index (χ2v) is 8.49. The van der Waals surface area contributed by atoms with Crippen molar-refractivity contribution in [3.63, 3.8) is 0 Å². The maximum absolute atomic E-state index is 12.5. The third-order valence-corrected chi connectivity index (χ3v) is 6.26. The number of amides is 2. The van der Waals surface area contributed by atoms with Gasteiger partial charge in [-0.15, -0.1) is 0 Å². The van der Waals surface area contributed by atoms with Gasteiger partial charge in [0, 0.05) is 49.6 Å². The minimum absolute atomic E-state index is 0.104. The van der Waals surface area contributed by atoms with E-state index >= 15 is 0 Å². The summed E-state index contributed by atoms with van der Waals surface area (Å²) in [6.07, 6.45) is 6.46. The maximum atomic E-state index is 12.5. The highest BCUT2D eigenvalue weighted by atomic mass is 35.5. The fourth-order valence-corrected chi connectivity index (χ4v) is 4.26. The molecule has 0 spiro atoms. The number of nitrogens with zero attached hydrogens (tertiary/aromatic N) is 1. The van der Waals surface area contributed by atoms with Crippen LogP contribution in [0.2, 0.25) is 5.02 Å². The Hall–Kier alpha value is -1.59. The summed E-state index contributed by atoms with van der Waals surface area (Å²) in [5.41, 5.74) is 1.06. The van der Waals surface area contributed by atoms with Crippen LogP contribution in [-0.4, -0.2) is 48.4 Å². The first-order chi connectivity index (χ1) is 13.6. The van der Waals surface area contributed by atoms with Gasteiger partial charge in [-0.05, 0) is 49.7 Å². The first-order valence-corrected chi connectivity index (χ1v) is 11.0. The number of halogens is 1. The van der Waals surface area contributed by atoms with Crippen LogP contribution in [-0.2, 0) is 16.0 Å². The molecule has 28 heavy (non-hydrogen) atoms. The number of nitrogens with one attached hydrogen (secondary N) is 2. The minimum atomic E-state index is 0.104. The van der Waals surface area contributed by atoms with Crippen LogP contribution in [0, 0.1) is 5.92 Å². The average Bonchev–Trinajstić information content (AvgIpc) is 3.43. The zero-order chi connectivity index (χ0) is 19.9. The van der Waals surface area contributed by atoms with Crippen molar-refractivity contribution in [1.29, 1.82) is 0 Å². The molecular formula is C22H32ClN3O2. The number of carbonyl (C=O) groups is 2. The summed E-state index contributed by atoms with van der Waals surface area (Å²) in [6, 6.07) is 8.40. The van der Waals surface area contributed by atoms with Gasteiger partial charge in [0.2, 0.25) is 11.8 Å². The van der Waals surface area contributed by atoms with Crippen LogP contribution >= 0.6 is 11.6 Å². The van der Waals surface area contributed by atoms with E-state index in [0.717, 1.165) is 42.3 Å². The molecule has 2 atom stereocenters. The van der Waals surface area contributed by atoms with Gasteiger partial charge in [-0.3, -0.25) is 14.5 Å². The lowest BCUT2D eigenvalue weighted by Crippen LogP contribution is -2.45. The van der Waals surface area contributed by atoms with Crippen LogP contribution in [0.5, 0.6) is 0 Å². The van der Waals surface area contributed by atoms with Crippen LogP contribution in [0.1, 0.15) is 51.0 Å². The summed E-state index contributed by atoms with van der Waals surface area (Å²) in [7, 11) is 0. The molecule has 0 bridgehead atoms. The molecule has 2 fully saturated rings. The molecule has 3 rings (SSSR count). The third kappa shape index (κ3) is 6.21. The number of hydrogen-bond donors (Lipinski definition) is 2. The van der Waals surface area contributed by atoms with Crippen LogP contribution < -0.4 is 10.6 Å². The standard InChI is InChI=1S/C22H32ClN3O2/c1-2-21(27)25-14-19-10-9-18(26(19)15-16-7-8-16)13-22(28)24-12-11-17-5-3-4-6-20(17)23/h3-6,16,18-19H,2,7-15H2,1H3,(H,24,28)(H,25,27)/t18-,19+/m1/s1. The molecule has 1 aliphatic heterocycles. The van der Waals surface area contributed by atoms with Gasteiger partial charge in [-0.25, -0.2) is 0 Å². The lowest BCUT2D eigenvalue weighted by molar-refractivity contribution is -0.123. The molecule has 6 heteroatoms. The van der Waals surface area contributed by atoms with Crippen LogP contribution in [0.3, 0.4) is 0 Å². The highest BCUT2D eigenvalue weighted by Crippen LogP contribution is 2.35. The van der Waals surface area contributed by atoms with Gasteiger partial charge in [0.25, 0.3) is 0 Å². The van der Waals surface area contributed by atoms with E-state index in [4.69, 9.17) is 11.6 Å². The Bertz CT molecular complexity index is 678. The first kappa shape index (κ1) is 21.1. The van der Waals surface area contributed by atoms with Gasteiger partial charge in [0.15, 0.2) is 0 Å². The number of benzene rings is 1. The largest absolute Gasteiger partial charge is 0.356 e. The molecule has 1 saturated heterocycles. The van der Waals surface area contributed by atoms with Crippen molar-refractivity contribution in [1.82, 2.24) is 15.5 Å². The number of rotatable bonds is 10. The summed E-state index contributed by atoms with van der Waals surface area (Å²) >= 11 is 6.18. The normalized spacial score (nSPS) is 22.2. The number of hydrogen-bond acceptors (Lipinski definition) is 3. The van der Waals surface area contributed by atoms with E-state index < -0.39 is 0 Å². The van der Waals surface area contributed by atoms with Gasteiger partial charge in [0.05, 0.1) is 0 Å². The Kier molecular flexibility index (Phi) is 7.74. The second kappa shape index (κ2) is 10.3. The zero-order valence-corrected chi connectivity index (χ0v) is 17.5. The predicted molar refractivity (Wildman–Crippen MR) is 112 cm³/mol. The van der Waals surface area contributed by atoms with Crippen molar-refractivity contribution in [3.05, 3.63) is 34.9 Å². The average molecular weight is 406 g/mol. The maximum Gasteiger partial charge on any atom is 0.221 e. The van der Waals surface area contributed by atoms with Crippen LogP contribution in [0.15, 0.2) is 24.3 Å².